The maximum absolute atomic E-state index is 11.0. The molecule has 3 aromatic rings. The number of nitro groups is 1. The number of aromatic nitrogens is 3. The van der Waals surface area contributed by atoms with E-state index in [2.05, 4.69) is 31.2 Å². The van der Waals surface area contributed by atoms with Crippen LogP contribution in [0.2, 0.25) is 0 Å². The van der Waals surface area contributed by atoms with Gasteiger partial charge in [0.15, 0.2) is 11.6 Å². The number of phenolic OH excluding ortho intramolecular Hbond substituents is 2. The van der Waals surface area contributed by atoms with E-state index in [-0.39, 0.29) is 11.3 Å². The topological polar surface area (TPSA) is 127 Å². The van der Waals surface area contributed by atoms with Crippen LogP contribution in [0, 0.1) is 10.1 Å². The molecule has 30 heavy (non-hydrogen) atoms. The molecule has 0 aliphatic carbocycles. The monoisotopic (exact) mass is 491 g/mol. The van der Waals surface area contributed by atoms with Crippen LogP contribution in [0.25, 0.3) is 0 Å². The summed E-state index contributed by atoms with van der Waals surface area (Å²) < 4.78 is 2.56. The molecule has 0 spiro atoms. The van der Waals surface area contributed by atoms with Crippen molar-refractivity contribution in [3.05, 3.63) is 67.9 Å². The first-order chi connectivity index (χ1) is 14.4. The lowest BCUT2D eigenvalue weighted by atomic mass is 10.2. The van der Waals surface area contributed by atoms with Crippen molar-refractivity contribution in [1.82, 2.24) is 14.9 Å². The Labute approximate surface area is 184 Å². The molecule has 1 aromatic heterocycles. The van der Waals surface area contributed by atoms with Gasteiger partial charge in [0.25, 0.3) is 0 Å². The van der Waals surface area contributed by atoms with Gasteiger partial charge in [-0.3, -0.25) is 10.1 Å². The van der Waals surface area contributed by atoms with Crippen molar-refractivity contribution in [3.63, 3.8) is 0 Å². The summed E-state index contributed by atoms with van der Waals surface area (Å²) in [5.74, 6) is 0.357. The molecule has 0 aliphatic rings. The van der Waals surface area contributed by atoms with Crippen LogP contribution in [0.3, 0.4) is 0 Å². The van der Waals surface area contributed by atoms with Crippen molar-refractivity contribution >= 4 is 39.6 Å². The maximum Gasteiger partial charge on any atom is 0.311 e. The van der Waals surface area contributed by atoms with Gasteiger partial charge in [0, 0.05) is 34.3 Å². The highest BCUT2D eigenvalue weighted by Crippen LogP contribution is 2.32. The van der Waals surface area contributed by atoms with Gasteiger partial charge in [-0.1, -0.05) is 46.7 Å². The van der Waals surface area contributed by atoms with E-state index in [1.54, 1.807) is 4.68 Å². The third-order valence-electron chi connectivity index (χ3n) is 4.06. The molecule has 0 saturated heterocycles. The van der Waals surface area contributed by atoms with Crippen molar-refractivity contribution in [2.24, 2.45) is 5.10 Å². The number of aromatic hydroxyl groups is 2. The van der Waals surface area contributed by atoms with Crippen LogP contribution in [0.15, 0.2) is 51.1 Å². The fraction of sp³-hybridized carbons (Fsp3) is 0.211. The first-order valence-electron chi connectivity index (χ1n) is 8.95. The van der Waals surface area contributed by atoms with E-state index < -0.39 is 16.4 Å². The van der Waals surface area contributed by atoms with Crippen molar-refractivity contribution in [3.8, 4) is 11.5 Å². The summed E-state index contributed by atoms with van der Waals surface area (Å²) >= 11 is 4.86. The molecule has 0 amide bonds. The maximum atomic E-state index is 11.0. The zero-order valence-electron chi connectivity index (χ0n) is 15.9. The molecular formula is C19H18BrN5O4S. The van der Waals surface area contributed by atoms with Crippen molar-refractivity contribution in [1.29, 1.82) is 0 Å². The molecule has 11 heteroatoms. The van der Waals surface area contributed by atoms with E-state index in [1.165, 1.54) is 18.0 Å². The van der Waals surface area contributed by atoms with Crippen molar-refractivity contribution in [2.45, 2.75) is 30.7 Å². The summed E-state index contributed by atoms with van der Waals surface area (Å²) in [6, 6.07) is 9.90. The molecule has 0 fully saturated rings. The predicted octanol–water partition coefficient (Wildman–Crippen LogP) is 4.49. The quantitative estimate of drug-likeness (QED) is 0.205. The number of thioether (sulfide) groups is 1. The van der Waals surface area contributed by atoms with Crippen LogP contribution in [-0.2, 0) is 12.2 Å². The Morgan fingerprint density at radius 1 is 1.23 bits per heavy atom. The van der Waals surface area contributed by atoms with Crippen LogP contribution < -0.4 is 0 Å². The van der Waals surface area contributed by atoms with E-state index in [1.807, 2.05) is 31.2 Å². The van der Waals surface area contributed by atoms with Gasteiger partial charge < -0.3 is 10.2 Å². The largest absolute Gasteiger partial charge is 0.507 e. The normalized spacial score (nSPS) is 11.3. The minimum Gasteiger partial charge on any atom is -0.507 e. The first-order valence-corrected chi connectivity index (χ1v) is 10.7. The third-order valence-corrected chi connectivity index (χ3v) is 5.58. The standard InChI is InChI=1S/C19H18BrN5O4S/c1-2-3-18-22-23-19(30-11-12-4-6-14(20)7-5-12)24(18)21-10-13-8-15(25(28)29)17(27)9-16(13)26/h4-10,26-27H,2-3,11H2,1H3/b21-10-. The highest BCUT2D eigenvalue weighted by Gasteiger charge is 2.17. The number of benzene rings is 2. The van der Waals surface area contributed by atoms with Gasteiger partial charge in [0.2, 0.25) is 5.16 Å². The van der Waals surface area contributed by atoms with Gasteiger partial charge in [-0.2, -0.15) is 9.78 Å². The predicted molar refractivity (Wildman–Crippen MR) is 117 cm³/mol. The molecule has 0 saturated carbocycles. The number of phenols is 2. The molecule has 0 unspecified atom stereocenters. The van der Waals surface area contributed by atoms with Crippen LogP contribution in [-0.4, -0.2) is 36.2 Å². The lowest BCUT2D eigenvalue weighted by Crippen LogP contribution is -2.01. The van der Waals surface area contributed by atoms with Gasteiger partial charge in [-0.25, -0.2) is 0 Å². The smallest absolute Gasteiger partial charge is 0.311 e. The average molecular weight is 492 g/mol. The van der Waals surface area contributed by atoms with E-state index in [0.717, 1.165) is 28.6 Å². The second kappa shape index (κ2) is 9.72. The number of rotatable bonds is 8. The number of hydrogen-bond acceptors (Lipinski definition) is 8. The first kappa shape index (κ1) is 21.8. The summed E-state index contributed by atoms with van der Waals surface area (Å²) in [6.07, 6.45) is 2.76. The van der Waals surface area contributed by atoms with Crippen LogP contribution >= 0.6 is 27.7 Å². The molecule has 3 rings (SSSR count). The summed E-state index contributed by atoms with van der Waals surface area (Å²) in [6.45, 7) is 2.01. The number of nitro benzene ring substituents is 1. The summed E-state index contributed by atoms with van der Waals surface area (Å²) in [7, 11) is 0. The van der Waals surface area contributed by atoms with Gasteiger partial charge >= 0.3 is 5.69 Å². The molecule has 0 radical (unpaired) electrons. The van der Waals surface area contributed by atoms with E-state index in [0.29, 0.717) is 23.2 Å². The molecular weight excluding hydrogens is 474 g/mol. The number of hydrogen-bond donors (Lipinski definition) is 2. The highest BCUT2D eigenvalue weighted by atomic mass is 79.9. The lowest BCUT2D eigenvalue weighted by Gasteiger charge is -2.05. The van der Waals surface area contributed by atoms with E-state index in [9.17, 15) is 20.3 Å². The molecule has 156 valence electrons. The minimum absolute atomic E-state index is 0.0968. The number of aryl methyl sites for hydroxylation is 1. The van der Waals surface area contributed by atoms with Gasteiger partial charge in [0.05, 0.1) is 11.1 Å². The zero-order valence-corrected chi connectivity index (χ0v) is 18.3. The number of halogens is 1. The lowest BCUT2D eigenvalue weighted by molar-refractivity contribution is -0.385. The second-order valence-corrected chi connectivity index (χ2v) is 8.14. The summed E-state index contributed by atoms with van der Waals surface area (Å²) in [5.41, 5.74) is 0.682. The van der Waals surface area contributed by atoms with Crippen molar-refractivity contribution in [2.75, 3.05) is 0 Å². The van der Waals surface area contributed by atoms with Crippen molar-refractivity contribution < 1.29 is 15.1 Å². The van der Waals surface area contributed by atoms with Crippen LogP contribution in [0.1, 0.15) is 30.3 Å². The highest BCUT2D eigenvalue weighted by molar-refractivity contribution is 9.10. The van der Waals surface area contributed by atoms with E-state index in [4.69, 9.17) is 0 Å². The zero-order chi connectivity index (χ0) is 21.7. The molecule has 2 aromatic carbocycles. The summed E-state index contributed by atoms with van der Waals surface area (Å²) in [5, 5.41) is 44.0. The molecule has 0 bridgehead atoms. The molecule has 2 N–H and O–H groups in total. The summed E-state index contributed by atoms with van der Waals surface area (Å²) in [4.78, 5) is 10.3. The Kier molecular flexibility index (Phi) is 7.06. The average Bonchev–Trinajstić information content (AvgIpc) is 3.08. The van der Waals surface area contributed by atoms with Crippen LogP contribution in [0.4, 0.5) is 5.69 Å². The second-order valence-electron chi connectivity index (χ2n) is 6.28. The fourth-order valence-electron chi connectivity index (χ4n) is 2.56. The van der Waals surface area contributed by atoms with E-state index >= 15 is 0 Å². The Morgan fingerprint density at radius 2 is 1.97 bits per heavy atom. The Bertz CT molecular complexity index is 1090. The van der Waals surface area contributed by atoms with Gasteiger partial charge in [-0.05, 0) is 24.1 Å². The molecule has 0 atom stereocenters. The Morgan fingerprint density at radius 3 is 2.63 bits per heavy atom. The van der Waals surface area contributed by atoms with Gasteiger partial charge in [-0.15, -0.1) is 10.2 Å². The molecule has 9 nitrogen and oxygen atoms in total. The fourth-order valence-corrected chi connectivity index (χ4v) is 3.69. The SMILES string of the molecule is CCCc1nnc(SCc2ccc(Br)cc2)n1/N=C\c1cc([N+](=O)[O-])c(O)cc1O. The number of nitrogens with zero attached hydrogens (tertiary/aromatic N) is 5. The van der Waals surface area contributed by atoms with Crippen LogP contribution in [0.5, 0.6) is 11.5 Å². The molecule has 0 aliphatic heterocycles. The molecule has 1 heterocycles. The Hall–Kier alpha value is -2.92. The third kappa shape index (κ3) is 5.16. The van der Waals surface area contributed by atoms with Gasteiger partial charge in [0.1, 0.15) is 5.75 Å². The minimum atomic E-state index is -0.729. The Balaban J connectivity index is 1.89.